The van der Waals surface area contributed by atoms with Gasteiger partial charge in [0.05, 0.1) is 40.0 Å². The summed E-state index contributed by atoms with van der Waals surface area (Å²) in [5.74, 6) is 0.262. The Balaban J connectivity index is 2.19. The molecule has 0 spiro atoms. The molecule has 0 unspecified atom stereocenters. The van der Waals surface area contributed by atoms with Crippen LogP contribution in [0.4, 0.5) is 10.5 Å². The van der Waals surface area contributed by atoms with Crippen molar-refractivity contribution in [3.05, 3.63) is 35.5 Å². The normalized spacial score (nSPS) is 13.9. The Hall–Kier alpha value is -2.70. The quantitative estimate of drug-likeness (QED) is 0.852. The Morgan fingerprint density at radius 3 is 2.27 bits per heavy atom. The fraction of sp³-hybridized carbons (Fsp3) is 0.333. The maximum Gasteiger partial charge on any atom is 0.410 e. The van der Waals surface area contributed by atoms with Gasteiger partial charge in [0.15, 0.2) is 0 Å². The third-order valence-electron chi connectivity index (χ3n) is 3.31. The second kappa shape index (κ2) is 6.84. The monoisotopic (exact) mass is 306 g/mol. The first-order valence-electron chi connectivity index (χ1n) is 6.63. The number of methoxy groups -OCH3 is 3. The smallest absolute Gasteiger partial charge is 0.410 e. The van der Waals surface area contributed by atoms with Crippen molar-refractivity contribution in [2.75, 3.05) is 39.7 Å². The Morgan fingerprint density at radius 1 is 1.05 bits per heavy atom. The molecule has 0 aliphatic carbocycles. The summed E-state index contributed by atoms with van der Waals surface area (Å²) in [5, 5.41) is 3.14. The summed E-state index contributed by atoms with van der Waals surface area (Å²) in [6.07, 6.45) is -0.493. The van der Waals surface area contributed by atoms with Crippen molar-refractivity contribution >= 4 is 17.7 Å². The van der Waals surface area contributed by atoms with Crippen molar-refractivity contribution < 1.29 is 23.8 Å². The maximum atomic E-state index is 11.9. The molecule has 7 heteroatoms. The number of hydrogen-bond donors (Lipinski definition) is 1. The Labute approximate surface area is 128 Å². The summed E-state index contributed by atoms with van der Waals surface area (Å²) in [6.45, 7) is 0.404. The maximum absolute atomic E-state index is 11.9. The number of nitrogens with one attached hydrogen (secondary N) is 1. The lowest BCUT2D eigenvalue weighted by atomic mass is 10.2. The molecule has 1 aliphatic rings. The molecule has 7 nitrogen and oxygen atoms in total. The highest BCUT2D eigenvalue weighted by molar-refractivity contribution is 5.92. The number of ether oxygens (including phenoxy) is 3. The van der Waals surface area contributed by atoms with Gasteiger partial charge in [-0.25, -0.2) is 9.59 Å². The lowest BCUT2D eigenvalue weighted by molar-refractivity contribution is -0.136. The molecule has 2 rings (SSSR count). The summed E-state index contributed by atoms with van der Waals surface area (Å²) >= 11 is 0. The van der Waals surface area contributed by atoms with E-state index >= 15 is 0 Å². The number of esters is 1. The first-order valence-corrected chi connectivity index (χ1v) is 6.63. The van der Waals surface area contributed by atoms with Gasteiger partial charge in [-0.1, -0.05) is 0 Å². The van der Waals surface area contributed by atoms with E-state index in [1.165, 1.54) is 19.1 Å². The van der Waals surface area contributed by atoms with Crippen LogP contribution in [0.5, 0.6) is 5.75 Å². The van der Waals surface area contributed by atoms with Crippen LogP contribution in [0, 0.1) is 0 Å². The van der Waals surface area contributed by atoms with E-state index in [1.54, 1.807) is 19.2 Å². The van der Waals surface area contributed by atoms with Crippen LogP contribution in [0.3, 0.4) is 0 Å². The van der Waals surface area contributed by atoms with Gasteiger partial charge in [-0.3, -0.25) is 4.90 Å². The summed E-state index contributed by atoms with van der Waals surface area (Å²) < 4.78 is 14.5. The molecule has 1 N–H and O–H groups in total. The standard InChI is InChI=1S/C15H18N2O5/c1-20-11-6-4-10(5-7-11)16-13-9-17(15(19)22-3)8-12(13)14(18)21-2/h4-7,16H,8-9H2,1-3H3. The molecule has 1 amide bonds. The number of nitrogens with zero attached hydrogens (tertiary/aromatic N) is 1. The molecule has 0 saturated heterocycles. The summed E-state index contributed by atoms with van der Waals surface area (Å²) in [4.78, 5) is 24.9. The van der Waals surface area contributed by atoms with Crippen molar-refractivity contribution in [2.24, 2.45) is 0 Å². The van der Waals surface area contributed by atoms with Gasteiger partial charge in [-0.2, -0.15) is 0 Å². The van der Waals surface area contributed by atoms with Gasteiger partial charge in [-0.05, 0) is 24.3 Å². The molecule has 0 bridgehead atoms. The Morgan fingerprint density at radius 2 is 1.73 bits per heavy atom. The third kappa shape index (κ3) is 3.30. The number of carbonyl (C=O) groups excluding carboxylic acids is 2. The van der Waals surface area contributed by atoms with Gasteiger partial charge >= 0.3 is 12.1 Å². The van der Waals surface area contributed by atoms with E-state index in [9.17, 15) is 9.59 Å². The van der Waals surface area contributed by atoms with Gasteiger partial charge in [-0.15, -0.1) is 0 Å². The van der Waals surface area contributed by atoms with Crippen LogP contribution in [0.1, 0.15) is 0 Å². The zero-order valence-corrected chi connectivity index (χ0v) is 12.7. The van der Waals surface area contributed by atoms with E-state index in [4.69, 9.17) is 9.47 Å². The van der Waals surface area contributed by atoms with Crippen LogP contribution in [0.2, 0.25) is 0 Å². The summed E-state index contributed by atoms with van der Waals surface area (Å²) in [6, 6.07) is 7.24. The van der Waals surface area contributed by atoms with E-state index in [-0.39, 0.29) is 13.1 Å². The molecule has 22 heavy (non-hydrogen) atoms. The predicted octanol–water partition coefficient (Wildman–Crippen LogP) is 1.62. The summed E-state index contributed by atoms with van der Waals surface area (Å²) in [5.41, 5.74) is 1.80. The minimum absolute atomic E-state index is 0.151. The zero-order chi connectivity index (χ0) is 16.1. The van der Waals surface area contributed by atoms with E-state index < -0.39 is 12.1 Å². The molecular formula is C15H18N2O5. The largest absolute Gasteiger partial charge is 0.497 e. The van der Waals surface area contributed by atoms with Crippen molar-refractivity contribution in [1.82, 2.24) is 4.90 Å². The topological polar surface area (TPSA) is 77.1 Å². The van der Waals surface area contributed by atoms with Gasteiger partial charge in [0, 0.05) is 11.4 Å². The molecule has 0 fully saturated rings. The molecule has 118 valence electrons. The van der Waals surface area contributed by atoms with E-state index in [0.29, 0.717) is 11.3 Å². The Bertz CT molecular complexity index is 594. The molecule has 0 radical (unpaired) electrons. The summed E-state index contributed by atoms with van der Waals surface area (Å²) in [7, 11) is 4.20. The number of hydrogen-bond acceptors (Lipinski definition) is 6. The molecule has 0 atom stereocenters. The predicted molar refractivity (Wildman–Crippen MR) is 79.6 cm³/mol. The van der Waals surface area contributed by atoms with Gasteiger partial charge in [0.25, 0.3) is 0 Å². The molecule has 0 aromatic heterocycles. The average molecular weight is 306 g/mol. The lowest BCUT2D eigenvalue weighted by Crippen LogP contribution is -2.30. The molecule has 1 aliphatic heterocycles. The fourth-order valence-corrected chi connectivity index (χ4v) is 2.16. The van der Waals surface area contributed by atoms with Crippen LogP contribution < -0.4 is 10.1 Å². The number of anilines is 1. The highest BCUT2D eigenvalue weighted by Crippen LogP contribution is 2.23. The van der Waals surface area contributed by atoms with Gasteiger partial charge < -0.3 is 19.5 Å². The van der Waals surface area contributed by atoms with Crippen LogP contribution >= 0.6 is 0 Å². The number of rotatable bonds is 4. The molecule has 1 heterocycles. The highest BCUT2D eigenvalue weighted by atomic mass is 16.5. The van der Waals surface area contributed by atoms with Crippen LogP contribution in [0.25, 0.3) is 0 Å². The van der Waals surface area contributed by atoms with Crippen molar-refractivity contribution in [2.45, 2.75) is 0 Å². The van der Waals surface area contributed by atoms with E-state index in [0.717, 1.165) is 11.4 Å². The number of amides is 1. The third-order valence-corrected chi connectivity index (χ3v) is 3.31. The molecule has 1 aromatic rings. The zero-order valence-electron chi connectivity index (χ0n) is 12.7. The van der Waals surface area contributed by atoms with Crippen LogP contribution in [-0.4, -0.2) is 51.4 Å². The fourth-order valence-electron chi connectivity index (χ4n) is 2.16. The van der Waals surface area contributed by atoms with Crippen molar-refractivity contribution in [3.63, 3.8) is 0 Å². The van der Waals surface area contributed by atoms with Gasteiger partial charge in [0.1, 0.15) is 5.75 Å². The van der Waals surface area contributed by atoms with E-state index in [1.807, 2.05) is 12.1 Å². The van der Waals surface area contributed by atoms with Crippen LogP contribution in [0.15, 0.2) is 35.5 Å². The van der Waals surface area contributed by atoms with Crippen molar-refractivity contribution in [3.8, 4) is 5.75 Å². The average Bonchev–Trinajstić information content (AvgIpc) is 2.98. The van der Waals surface area contributed by atoms with E-state index in [2.05, 4.69) is 10.1 Å². The molecule has 0 saturated carbocycles. The first-order chi connectivity index (χ1) is 10.6. The number of carbonyl (C=O) groups is 2. The second-order valence-corrected chi connectivity index (χ2v) is 4.63. The lowest BCUT2D eigenvalue weighted by Gasteiger charge is -2.14. The minimum Gasteiger partial charge on any atom is -0.497 e. The first kappa shape index (κ1) is 15.7. The molecular weight excluding hydrogens is 288 g/mol. The van der Waals surface area contributed by atoms with Crippen LogP contribution in [-0.2, 0) is 14.3 Å². The molecule has 1 aromatic carbocycles. The highest BCUT2D eigenvalue weighted by Gasteiger charge is 2.31. The SMILES string of the molecule is COC(=O)C1=C(Nc2ccc(OC)cc2)CN(C(=O)OC)C1. The second-order valence-electron chi connectivity index (χ2n) is 4.63. The van der Waals surface area contributed by atoms with Gasteiger partial charge in [0.2, 0.25) is 0 Å². The Kier molecular flexibility index (Phi) is 4.88. The number of benzene rings is 1. The van der Waals surface area contributed by atoms with Crippen molar-refractivity contribution in [1.29, 1.82) is 0 Å². The minimum atomic E-state index is -0.493.